The lowest BCUT2D eigenvalue weighted by Crippen LogP contribution is -2.39. The van der Waals surface area contributed by atoms with Gasteiger partial charge >= 0.3 is 0 Å². The second-order valence-electron chi connectivity index (χ2n) is 4.74. The fourth-order valence-corrected chi connectivity index (χ4v) is 3.32. The second-order valence-corrected chi connectivity index (χ2v) is 5.85. The fourth-order valence-electron chi connectivity index (χ4n) is 2.03. The van der Waals surface area contributed by atoms with E-state index in [0.717, 1.165) is 37.4 Å². The molecule has 18 heavy (non-hydrogen) atoms. The van der Waals surface area contributed by atoms with Crippen molar-refractivity contribution in [2.45, 2.75) is 31.0 Å². The average molecular weight is 387 g/mol. The number of rotatable bonds is 4. The van der Waals surface area contributed by atoms with E-state index in [1.54, 1.807) is 11.8 Å². The van der Waals surface area contributed by atoms with E-state index >= 15 is 0 Å². The van der Waals surface area contributed by atoms with Gasteiger partial charge in [-0.1, -0.05) is 0 Å². The van der Waals surface area contributed by atoms with Crippen molar-refractivity contribution >= 4 is 41.7 Å². The molecule has 0 aliphatic carbocycles. The quantitative estimate of drug-likeness (QED) is 0.373. The molecule has 0 saturated carbocycles. The lowest BCUT2D eigenvalue weighted by Gasteiger charge is -2.19. The van der Waals surface area contributed by atoms with Crippen LogP contribution in [0.15, 0.2) is 4.99 Å². The maximum absolute atomic E-state index is 10.1. The zero-order valence-corrected chi connectivity index (χ0v) is 13.6. The normalized spacial score (nSPS) is 32.3. The van der Waals surface area contributed by atoms with Crippen LogP contribution in [-0.4, -0.2) is 54.0 Å². The number of hydrogen-bond acceptors (Lipinski definition) is 4. The average Bonchev–Trinajstić information content (AvgIpc) is 2.95. The third-order valence-electron chi connectivity index (χ3n) is 3.16. The highest BCUT2D eigenvalue weighted by atomic mass is 127. The monoisotopic (exact) mass is 387 g/mol. The predicted octanol–water partition coefficient (Wildman–Crippen LogP) is 0.556. The Morgan fingerprint density at radius 2 is 2.44 bits per heavy atom. The maximum atomic E-state index is 10.1. The van der Waals surface area contributed by atoms with E-state index in [9.17, 15) is 5.11 Å². The molecule has 0 aromatic heterocycles. The summed E-state index contributed by atoms with van der Waals surface area (Å²) < 4.78 is 5.48. The van der Waals surface area contributed by atoms with Crippen LogP contribution in [0.25, 0.3) is 0 Å². The molecule has 5 nitrogen and oxygen atoms in total. The van der Waals surface area contributed by atoms with Crippen LogP contribution in [0.3, 0.4) is 0 Å². The van der Waals surface area contributed by atoms with Crippen molar-refractivity contribution in [1.29, 1.82) is 0 Å². The molecule has 2 saturated heterocycles. The summed E-state index contributed by atoms with van der Waals surface area (Å²) >= 11 is 1.77. The first-order valence-corrected chi connectivity index (χ1v) is 7.29. The maximum Gasteiger partial charge on any atom is 0.188 e. The molecule has 2 heterocycles. The van der Waals surface area contributed by atoms with Gasteiger partial charge in [0.25, 0.3) is 0 Å². The Bertz CT molecular complexity index is 279. The van der Waals surface area contributed by atoms with Crippen LogP contribution in [0.1, 0.15) is 19.3 Å². The number of thioether (sulfide) groups is 1. The third kappa shape index (κ3) is 5.10. The van der Waals surface area contributed by atoms with Crippen LogP contribution in [0.2, 0.25) is 0 Å². The first-order chi connectivity index (χ1) is 8.18. The van der Waals surface area contributed by atoms with Gasteiger partial charge in [-0.15, -0.1) is 24.0 Å². The van der Waals surface area contributed by atoms with Gasteiger partial charge in [-0.2, -0.15) is 11.8 Å². The van der Waals surface area contributed by atoms with Crippen LogP contribution in [0.5, 0.6) is 0 Å². The molecule has 0 bridgehead atoms. The molecule has 0 aromatic carbocycles. The molecule has 7 heteroatoms. The summed E-state index contributed by atoms with van der Waals surface area (Å²) in [5, 5.41) is 13.1. The molecule has 2 unspecified atom stereocenters. The van der Waals surface area contributed by atoms with E-state index < -0.39 is 5.60 Å². The van der Waals surface area contributed by atoms with E-state index in [4.69, 9.17) is 10.5 Å². The molecular weight excluding hydrogens is 365 g/mol. The highest BCUT2D eigenvalue weighted by Crippen LogP contribution is 2.27. The van der Waals surface area contributed by atoms with Gasteiger partial charge in [0, 0.05) is 18.9 Å². The second kappa shape index (κ2) is 7.76. The number of nitrogens with two attached hydrogens (primary N) is 1. The number of guanidine groups is 1. The minimum atomic E-state index is -0.652. The molecule has 2 rings (SSSR count). The number of nitrogens with one attached hydrogen (secondary N) is 1. The van der Waals surface area contributed by atoms with Gasteiger partial charge in [-0.3, -0.25) is 4.99 Å². The van der Waals surface area contributed by atoms with E-state index in [0.29, 0.717) is 19.0 Å². The number of ether oxygens (including phenoxy) is 1. The van der Waals surface area contributed by atoms with Crippen LogP contribution >= 0.6 is 35.7 Å². The number of aliphatic hydroxyl groups is 1. The van der Waals surface area contributed by atoms with E-state index in [1.165, 1.54) is 0 Å². The minimum absolute atomic E-state index is 0. The summed E-state index contributed by atoms with van der Waals surface area (Å²) in [6.45, 7) is 1.95. The summed E-state index contributed by atoms with van der Waals surface area (Å²) in [4.78, 5) is 4.20. The third-order valence-corrected chi connectivity index (χ3v) is 4.40. The predicted molar refractivity (Wildman–Crippen MR) is 85.8 cm³/mol. The van der Waals surface area contributed by atoms with Gasteiger partial charge in [0.05, 0.1) is 18.2 Å². The highest BCUT2D eigenvalue weighted by molar-refractivity contribution is 14.0. The Morgan fingerprint density at radius 3 is 3.06 bits per heavy atom. The van der Waals surface area contributed by atoms with Crippen molar-refractivity contribution in [1.82, 2.24) is 5.32 Å². The fraction of sp³-hybridized carbons (Fsp3) is 0.909. The SMILES string of the molecule is I.NC(=NCC1(O)CCSC1)NCC1CCCO1. The van der Waals surface area contributed by atoms with Gasteiger partial charge in [-0.05, 0) is 25.0 Å². The summed E-state index contributed by atoms with van der Waals surface area (Å²) in [5.74, 6) is 2.18. The van der Waals surface area contributed by atoms with Crippen molar-refractivity contribution < 1.29 is 9.84 Å². The molecule has 2 aliphatic rings. The number of nitrogens with zero attached hydrogens (tertiary/aromatic N) is 1. The summed E-state index contributed by atoms with van der Waals surface area (Å²) in [6, 6.07) is 0. The Kier molecular flexibility index (Phi) is 7.04. The molecule has 2 atom stereocenters. The Balaban J connectivity index is 0.00000162. The molecule has 106 valence electrons. The first kappa shape index (κ1) is 16.3. The van der Waals surface area contributed by atoms with Gasteiger partial charge in [0.2, 0.25) is 0 Å². The smallest absolute Gasteiger partial charge is 0.188 e. The Labute approximate surface area is 129 Å². The van der Waals surface area contributed by atoms with Gasteiger partial charge < -0.3 is 20.9 Å². The van der Waals surface area contributed by atoms with Crippen molar-refractivity contribution in [3.05, 3.63) is 0 Å². The molecule has 0 amide bonds. The zero-order chi connectivity index (χ0) is 12.1. The highest BCUT2D eigenvalue weighted by Gasteiger charge is 2.31. The summed E-state index contributed by atoms with van der Waals surface area (Å²) in [6.07, 6.45) is 3.27. The minimum Gasteiger partial charge on any atom is -0.387 e. The zero-order valence-electron chi connectivity index (χ0n) is 10.4. The molecule has 2 fully saturated rings. The van der Waals surface area contributed by atoms with E-state index in [1.807, 2.05) is 0 Å². The molecule has 0 radical (unpaired) electrons. The van der Waals surface area contributed by atoms with Crippen LogP contribution in [-0.2, 0) is 4.74 Å². The standard InChI is InChI=1S/C11H21N3O2S.HI/c12-10(13-6-9-2-1-4-16-9)14-7-11(15)3-5-17-8-11;/h9,15H,1-8H2,(H3,12,13,14);1H. The summed E-state index contributed by atoms with van der Waals surface area (Å²) in [7, 11) is 0. The Hall–Kier alpha value is 0.270. The van der Waals surface area contributed by atoms with E-state index in [-0.39, 0.29) is 30.1 Å². The topological polar surface area (TPSA) is 79.9 Å². The van der Waals surface area contributed by atoms with Crippen LogP contribution in [0, 0.1) is 0 Å². The van der Waals surface area contributed by atoms with Crippen molar-refractivity contribution in [3.63, 3.8) is 0 Å². The van der Waals surface area contributed by atoms with Crippen LogP contribution < -0.4 is 11.1 Å². The number of halogens is 1. The van der Waals surface area contributed by atoms with E-state index in [2.05, 4.69) is 10.3 Å². The van der Waals surface area contributed by atoms with Gasteiger partial charge in [0.15, 0.2) is 5.96 Å². The van der Waals surface area contributed by atoms with Gasteiger partial charge in [-0.25, -0.2) is 0 Å². The first-order valence-electron chi connectivity index (χ1n) is 6.13. The Morgan fingerprint density at radius 1 is 1.61 bits per heavy atom. The van der Waals surface area contributed by atoms with Crippen LogP contribution in [0.4, 0.5) is 0 Å². The van der Waals surface area contributed by atoms with Crippen molar-refractivity contribution in [2.75, 3.05) is 31.2 Å². The molecule has 0 aromatic rings. The van der Waals surface area contributed by atoms with Gasteiger partial charge in [0.1, 0.15) is 0 Å². The molecular formula is C11H22IN3O2S. The molecule has 4 N–H and O–H groups in total. The summed E-state index contributed by atoms with van der Waals surface area (Å²) in [5.41, 5.74) is 5.10. The van der Waals surface area contributed by atoms with Crippen molar-refractivity contribution in [2.24, 2.45) is 10.7 Å². The number of hydrogen-bond donors (Lipinski definition) is 3. The number of aliphatic imine (C=N–C) groups is 1. The lowest BCUT2D eigenvalue weighted by atomic mass is 10.1. The molecule has 2 aliphatic heterocycles. The largest absolute Gasteiger partial charge is 0.387 e. The van der Waals surface area contributed by atoms with Crippen molar-refractivity contribution in [3.8, 4) is 0 Å². The lowest BCUT2D eigenvalue weighted by molar-refractivity contribution is 0.0778. The molecule has 0 spiro atoms.